The zero-order valence-electron chi connectivity index (χ0n) is 18.8. The normalized spacial score (nSPS) is 11.4. The van der Waals surface area contributed by atoms with Crippen LogP contribution in [0.3, 0.4) is 0 Å². The van der Waals surface area contributed by atoms with Crippen LogP contribution in [0.1, 0.15) is 17.7 Å². The predicted molar refractivity (Wildman–Crippen MR) is 130 cm³/mol. The van der Waals surface area contributed by atoms with Crippen molar-refractivity contribution in [3.63, 3.8) is 0 Å². The number of pyridine rings is 2. The number of nitrogens with one attached hydrogen (secondary N) is 1. The van der Waals surface area contributed by atoms with Crippen molar-refractivity contribution in [2.75, 3.05) is 6.54 Å². The van der Waals surface area contributed by atoms with Gasteiger partial charge in [0.25, 0.3) is 0 Å². The third-order valence-corrected chi connectivity index (χ3v) is 7.25. The SMILES string of the molecule is Cc1ccc2c(=O)c(S(=O)(=O)c3ccccc3)cn(CC(=O)NCCCc3ccccc3)c2n1. The summed E-state index contributed by atoms with van der Waals surface area (Å²) in [5.41, 5.74) is 1.49. The highest BCUT2D eigenvalue weighted by Gasteiger charge is 2.24. The van der Waals surface area contributed by atoms with Gasteiger partial charge in [-0.2, -0.15) is 0 Å². The summed E-state index contributed by atoms with van der Waals surface area (Å²) in [4.78, 5) is 29.8. The smallest absolute Gasteiger partial charge is 0.239 e. The van der Waals surface area contributed by atoms with Gasteiger partial charge in [0, 0.05) is 18.4 Å². The molecule has 2 heterocycles. The molecule has 0 bridgehead atoms. The fraction of sp³-hybridized carbons (Fsp3) is 0.192. The molecule has 2 aromatic carbocycles. The standard InChI is InChI=1S/C26H25N3O4S/c1-19-14-15-22-25(31)23(34(32,33)21-12-6-3-7-13-21)17-29(26(22)28-19)18-24(30)27-16-8-11-20-9-4-2-5-10-20/h2-7,9-10,12-15,17H,8,11,16,18H2,1H3,(H,27,30). The first-order valence-corrected chi connectivity index (χ1v) is 12.5. The first-order valence-electron chi connectivity index (χ1n) is 11.0. The third kappa shape index (κ3) is 5.07. The summed E-state index contributed by atoms with van der Waals surface area (Å²) in [7, 11) is -4.07. The van der Waals surface area contributed by atoms with Crippen molar-refractivity contribution in [1.29, 1.82) is 0 Å². The maximum atomic E-state index is 13.2. The second kappa shape index (κ2) is 10.0. The van der Waals surface area contributed by atoms with E-state index in [4.69, 9.17) is 0 Å². The number of aryl methyl sites for hydroxylation is 2. The van der Waals surface area contributed by atoms with Crippen LogP contribution in [-0.4, -0.2) is 30.4 Å². The van der Waals surface area contributed by atoms with Crippen molar-refractivity contribution in [1.82, 2.24) is 14.9 Å². The number of carbonyl (C=O) groups is 1. The van der Waals surface area contributed by atoms with E-state index in [-0.39, 0.29) is 33.3 Å². The quantitative estimate of drug-likeness (QED) is 0.395. The van der Waals surface area contributed by atoms with Gasteiger partial charge in [0.2, 0.25) is 21.2 Å². The summed E-state index contributed by atoms with van der Waals surface area (Å²) < 4.78 is 27.9. The monoisotopic (exact) mass is 475 g/mol. The van der Waals surface area contributed by atoms with Crippen molar-refractivity contribution in [2.24, 2.45) is 0 Å². The van der Waals surface area contributed by atoms with Crippen molar-refractivity contribution in [2.45, 2.75) is 36.1 Å². The number of hydrogen-bond donors (Lipinski definition) is 1. The number of benzene rings is 2. The molecule has 1 N–H and O–H groups in total. The Kier molecular flexibility index (Phi) is 6.88. The Morgan fingerprint density at radius 1 is 0.971 bits per heavy atom. The molecule has 34 heavy (non-hydrogen) atoms. The number of fused-ring (bicyclic) bond motifs is 1. The van der Waals surface area contributed by atoms with E-state index in [2.05, 4.69) is 10.3 Å². The Morgan fingerprint density at radius 2 is 1.65 bits per heavy atom. The third-order valence-electron chi connectivity index (χ3n) is 5.49. The van der Waals surface area contributed by atoms with Gasteiger partial charge in [0.05, 0.1) is 10.3 Å². The molecular weight excluding hydrogens is 450 g/mol. The lowest BCUT2D eigenvalue weighted by Gasteiger charge is -2.14. The van der Waals surface area contributed by atoms with Gasteiger partial charge in [-0.15, -0.1) is 0 Å². The molecule has 7 nitrogen and oxygen atoms in total. The van der Waals surface area contributed by atoms with Gasteiger partial charge in [0.1, 0.15) is 17.1 Å². The number of nitrogens with zero attached hydrogens (tertiary/aromatic N) is 2. The summed E-state index contributed by atoms with van der Waals surface area (Å²) in [6.45, 7) is 2.09. The number of sulfone groups is 1. The van der Waals surface area contributed by atoms with E-state index in [9.17, 15) is 18.0 Å². The molecule has 0 aliphatic rings. The molecule has 0 atom stereocenters. The van der Waals surface area contributed by atoms with Gasteiger partial charge < -0.3 is 9.88 Å². The highest BCUT2D eigenvalue weighted by Crippen LogP contribution is 2.20. The molecule has 2 aromatic heterocycles. The molecule has 1 amide bonds. The number of rotatable bonds is 8. The van der Waals surface area contributed by atoms with Crippen LogP contribution in [0.4, 0.5) is 0 Å². The van der Waals surface area contributed by atoms with Gasteiger partial charge in [-0.05, 0) is 49.6 Å². The summed E-state index contributed by atoms with van der Waals surface area (Å²) in [5.74, 6) is -0.288. The Hall–Kier alpha value is -3.78. The Labute approximate surface area is 198 Å². The van der Waals surface area contributed by atoms with Crippen LogP contribution in [-0.2, 0) is 27.6 Å². The fourth-order valence-corrected chi connectivity index (χ4v) is 5.14. The van der Waals surface area contributed by atoms with E-state index >= 15 is 0 Å². The molecule has 8 heteroatoms. The lowest BCUT2D eigenvalue weighted by molar-refractivity contribution is -0.121. The summed E-state index contributed by atoms with van der Waals surface area (Å²) in [5, 5.41) is 3.02. The summed E-state index contributed by atoms with van der Waals surface area (Å²) in [6.07, 6.45) is 2.83. The number of hydrogen-bond acceptors (Lipinski definition) is 5. The van der Waals surface area contributed by atoms with Crippen LogP contribution in [0.5, 0.6) is 0 Å². The highest BCUT2D eigenvalue weighted by atomic mass is 32.2. The Bertz CT molecular complexity index is 1480. The van der Waals surface area contributed by atoms with Crippen molar-refractivity contribution < 1.29 is 13.2 Å². The largest absolute Gasteiger partial charge is 0.355 e. The van der Waals surface area contributed by atoms with Crippen LogP contribution < -0.4 is 10.7 Å². The molecule has 0 fully saturated rings. The Balaban J connectivity index is 1.61. The molecule has 0 saturated carbocycles. The predicted octanol–water partition coefficient (Wildman–Crippen LogP) is 3.29. The van der Waals surface area contributed by atoms with Crippen LogP contribution >= 0.6 is 0 Å². The first kappa shape index (κ1) is 23.4. The molecule has 0 aliphatic carbocycles. The minimum absolute atomic E-state index is 0.0171. The molecule has 0 aliphatic heterocycles. The zero-order valence-corrected chi connectivity index (χ0v) is 19.6. The molecule has 4 aromatic rings. The first-order chi connectivity index (χ1) is 16.4. The zero-order chi connectivity index (χ0) is 24.1. The van der Waals surface area contributed by atoms with Crippen molar-refractivity contribution >= 4 is 26.8 Å². The van der Waals surface area contributed by atoms with Gasteiger partial charge >= 0.3 is 0 Å². The van der Waals surface area contributed by atoms with Crippen LogP contribution in [0, 0.1) is 6.92 Å². The minimum atomic E-state index is -4.07. The van der Waals surface area contributed by atoms with E-state index in [0.717, 1.165) is 12.8 Å². The Morgan fingerprint density at radius 3 is 2.35 bits per heavy atom. The summed E-state index contributed by atoms with van der Waals surface area (Å²) >= 11 is 0. The topological polar surface area (TPSA) is 98.1 Å². The summed E-state index contributed by atoms with van der Waals surface area (Å²) in [6, 6.07) is 21.0. The highest BCUT2D eigenvalue weighted by molar-refractivity contribution is 7.91. The maximum Gasteiger partial charge on any atom is 0.239 e. The molecule has 4 rings (SSSR count). The minimum Gasteiger partial charge on any atom is -0.355 e. The van der Waals surface area contributed by atoms with Crippen molar-refractivity contribution in [3.8, 4) is 0 Å². The van der Waals surface area contributed by atoms with Gasteiger partial charge in [-0.25, -0.2) is 13.4 Å². The van der Waals surface area contributed by atoms with E-state index in [0.29, 0.717) is 12.2 Å². The van der Waals surface area contributed by atoms with Crippen LogP contribution in [0.2, 0.25) is 0 Å². The fourth-order valence-electron chi connectivity index (χ4n) is 3.75. The second-order valence-electron chi connectivity index (χ2n) is 8.03. The second-order valence-corrected chi connectivity index (χ2v) is 9.95. The van der Waals surface area contributed by atoms with Crippen LogP contribution in [0.25, 0.3) is 11.0 Å². The van der Waals surface area contributed by atoms with E-state index < -0.39 is 15.3 Å². The molecule has 0 saturated heterocycles. The van der Waals surface area contributed by atoms with Crippen molar-refractivity contribution in [3.05, 3.63) is 100 Å². The molecule has 0 unspecified atom stereocenters. The average molecular weight is 476 g/mol. The number of amides is 1. The van der Waals surface area contributed by atoms with Gasteiger partial charge in [-0.1, -0.05) is 48.5 Å². The lowest BCUT2D eigenvalue weighted by atomic mass is 10.1. The van der Waals surface area contributed by atoms with Gasteiger partial charge in [0.15, 0.2) is 0 Å². The van der Waals surface area contributed by atoms with E-state index in [1.165, 1.54) is 28.5 Å². The van der Waals surface area contributed by atoms with Crippen LogP contribution in [0.15, 0.2) is 93.6 Å². The van der Waals surface area contributed by atoms with E-state index in [1.807, 2.05) is 30.3 Å². The number of carbonyl (C=O) groups excluding carboxylic acids is 1. The average Bonchev–Trinajstić information content (AvgIpc) is 2.84. The molecule has 0 spiro atoms. The molecular formula is C26H25N3O4S. The maximum absolute atomic E-state index is 13.2. The molecule has 0 radical (unpaired) electrons. The van der Waals surface area contributed by atoms with Gasteiger partial charge in [-0.3, -0.25) is 9.59 Å². The number of aromatic nitrogens is 2. The van der Waals surface area contributed by atoms with E-state index in [1.54, 1.807) is 37.3 Å². The lowest BCUT2D eigenvalue weighted by Crippen LogP contribution is -2.30. The molecule has 174 valence electrons.